The third kappa shape index (κ3) is 4.71. The highest BCUT2D eigenvalue weighted by Crippen LogP contribution is 2.29. The number of aromatic amines is 2. The van der Waals surface area contributed by atoms with Gasteiger partial charge in [0.25, 0.3) is 0 Å². The second kappa shape index (κ2) is 9.87. The summed E-state index contributed by atoms with van der Waals surface area (Å²) in [5, 5.41) is 4.80. The lowest BCUT2D eigenvalue weighted by molar-refractivity contribution is 0.298. The third-order valence-corrected chi connectivity index (χ3v) is 5.54. The number of rotatable bonds is 9. The summed E-state index contributed by atoms with van der Waals surface area (Å²) in [7, 11) is 0. The van der Waals surface area contributed by atoms with Crippen LogP contribution in [0.15, 0.2) is 36.5 Å². The summed E-state index contributed by atoms with van der Waals surface area (Å²) in [6, 6.07) is 10.9. The summed E-state index contributed by atoms with van der Waals surface area (Å²) in [4.78, 5) is 18.1. The zero-order chi connectivity index (χ0) is 20.2. The van der Waals surface area contributed by atoms with Gasteiger partial charge in [-0.25, -0.2) is 9.97 Å². The van der Waals surface area contributed by atoms with Crippen molar-refractivity contribution in [2.24, 2.45) is 0 Å². The largest absolute Gasteiger partial charge is 0.354 e. The van der Waals surface area contributed by atoms with Gasteiger partial charge in [-0.2, -0.15) is 0 Å². The molecule has 0 saturated carbocycles. The quantitative estimate of drug-likeness (QED) is 0.347. The summed E-state index contributed by atoms with van der Waals surface area (Å²) >= 11 is 0. The second-order valence-corrected chi connectivity index (χ2v) is 7.54. The van der Waals surface area contributed by atoms with Crippen molar-refractivity contribution >= 4 is 22.1 Å². The molecule has 0 aliphatic heterocycles. The normalized spacial score (nSPS) is 11.5. The van der Waals surface area contributed by atoms with E-state index < -0.39 is 0 Å². The van der Waals surface area contributed by atoms with E-state index in [1.165, 1.54) is 17.4 Å². The molecule has 0 amide bonds. The Morgan fingerprint density at radius 3 is 2.70 bits per heavy atom. The Hall–Kier alpha value is -2.70. The molecule has 0 atom stereocenters. The average molecular weight is 407 g/mol. The lowest BCUT2D eigenvalue weighted by Gasteiger charge is -2.17. The molecule has 1 aromatic carbocycles. The SMILES string of the molecule is C.CCN(CC)CCCNCc1ccc2[nH]c(-c3ccnc4nc(C)[nH]c34)cc2c1. The van der Waals surface area contributed by atoms with Gasteiger partial charge in [0.05, 0.1) is 5.52 Å². The van der Waals surface area contributed by atoms with Crippen molar-refractivity contribution in [1.82, 2.24) is 30.2 Å². The summed E-state index contributed by atoms with van der Waals surface area (Å²) in [5.41, 5.74) is 6.37. The molecule has 3 aromatic heterocycles. The van der Waals surface area contributed by atoms with Crippen molar-refractivity contribution in [3.05, 3.63) is 47.9 Å². The number of nitrogens with zero attached hydrogens (tertiary/aromatic N) is 3. The number of H-pyrrole nitrogens is 2. The zero-order valence-corrected chi connectivity index (χ0v) is 17.5. The molecule has 6 nitrogen and oxygen atoms in total. The molecule has 0 spiro atoms. The Balaban J connectivity index is 0.00000256. The van der Waals surface area contributed by atoms with E-state index in [0.29, 0.717) is 0 Å². The maximum Gasteiger partial charge on any atom is 0.178 e. The lowest BCUT2D eigenvalue weighted by atomic mass is 10.1. The van der Waals surface area contributed by atoms with E-state index in [0.717, 1.165) is 66.5 Å². The minimum atomic E-state index is 0. The summed E-state index contributed by atoms with van der Waals surface area (Å²) < 4.78 is 0. The van der Waals surface area contributed by atoms with Gasteiger partial charge in [0.15, 0.2) is 5.65 Å². The van der Waals surface area contributed by atoms with E-state index in [9.17, 15) is 0 Å². The first-order valence-electron chi connectivity index (χ1n) is 10.5. The van der Waals surface area contributed by atoms with Crippen LogP contribution >= 0.6 is 0 Å². The Morgan fingerprint density at radius 2 is 1.90 bits per heavy atom. The Morgan fingerprint density at radius 1 is 1.07 bits per heavy atom. The monoisotopic (exact) mass is 406 g/mol. The zero-order valence-electron chi connectivity index (χ0n) is 17.5. The van der Waals surface area contributed by atoms with Crippen LogP contribution in [0, 0.1) is 6.92 Å². The van der Waals surface area contributed by atoms with E-state index in [4.69, 9.17) is 0 Å². The van der Waals surface area contributed by atoms with E-state index in [-0.39, 0.29) is 7.43 Å². The van der Waals surface area contributed by atoms with Crippen LogP contribution in [-0.4, -0.2) is 51.0 Å². The molecule has 0 unspecified atom stereocenters. The fourth-order valence-electron chi connectivity index (χ4n) is 3.89. The third-order valence-electron chi connectivity index (χ3n) is 5.54. The first-order chi connectivity index (χ1) is 14.2. The maximum absolute atomic E-state index is 4.45. The Kier molecular flexibility index (Phi) is 7.24. The van der Waals surface area contributed by atoms with Gasteiger partial charge >= 0.3 is 0 Å². The number of imidazole rings is 1. The van der Waals surface area contributed by atoms with Crippen LogP contribution in [0.1, 0.15) is 39.1 Å². The number of pyridine rings is 1. The van der Waals surface area contributed by atoms with Crippen molar-refractivity contribution < 1.29 is 0 Å². The van der Waals surface area contributed by atoms with Gasteiger partial charge in [0, 0.05) is 34.9 Å². The maximum atomic E-state index is 4.45. The molecule has 6 heteroatoms. The van der Waals surface area contributed by atoms with Gasteiger partial charge < -0.3 is 20.2 Å². The average Bonchev–Trinajstić information content (AvgIpc) is 3.32. The molecule has 0 aliphatic rings. The van der Waals surface area contributed by atoms with Crippen LogP contribution in [0.3, 0.4) is 0 Å². The fraction of sp³-hybridized carbons (Fsp3) is 0.417. The molecule has 0 radical (unpaired) electrons. The molecule has 4 aromatic rings. The van der Waals surface area contributed by atoms with Crippen molar-refractivity contribution in [3.63, 3.8) is 0 Å². The predicted octanol–water partition coefficient (Wildman–Crippen LogP) is 4.87. The molecular formula is C24H34N6. The number of hydrogen-bond donors (Lipinski definition) is 3. The second-order valence-electron chi connectivity index (χ2n) is 7.54. The van der Waals surface area contributed by atoms with Crippen LogP contribution in [0.2, 0.25) is 0 Å². The van der Waals surface area contributed by atoms with Crippen LogP contribution in [-0.2, 0) is 6.54 Å². The van der Waals surface area contributed by atoms with Crippen LogP contribution in [0.5, 0.6) is 0 Å². The first-order valence-corrected chi connectivity index (χ1v) is 10.5. The highest BCUT2D eigenvalue weighted by Gasteiger charge is 2.11. The minimum Gasteiger partial charge on any atom is -0.354 e. The fourth-order valence-corrected chi connectivity index (χ4v) is 3.89. The van der Waals surface area contributed by atoms with Crippen molar-refractivity contribution in [2.45, 2.75) is 41.2 Å². The lowest BCUT2D eigenvalue weighted by Crippen LogP contribution is -2.27. The smallest absolute Gasteiger partial charge is 0.178 e. The Labute approximate surface area is 179 Å². The summed E-state index contributed by atoms with van der Waals surface area (Å²) in [5.74, 6) is 0.880. The number of hydrogen-bond acceptors (Lipinski definition) is 4. The van der Waals surface area contributed by atoms with Crippen LogP contribution < -0.4 is 5.32 Å². The minimum absolute atomic E-state index is 0. The van der Waals surface area contributed by atoms with E-state index in [1.807, 2.05) is 19.2 Å². The molecule has 30 heavy (non-hydrogen) atoms. The molecule has 160 valence electrons. The molecule has 0 saturated heterocycles. The number of aryl methyl sites for hydroxylation is 1. The van der Waals surface area contributed by atoms with Gasteiger partial charge in [0.1, 0.15) is 5.82 Å². The van der Waals surface area contributed by atoms with Gasteiger partial charge in [-0.15, -0.1) is 0 Å². The van der Waals surface area contributed by atoms with Gasteiger partial charge in [0.2, 0.25) is 0 Å². The van der Waals surface area contributed by atoms with Gasteiger partial charge in [-0.1, -0.05) is 27.3 Å². The number of benzene rings is 1. The molecule has 0 aliphatic carbocycles. The predicted molar refractivity (Wildman–Crippen MR) is 127 cm³/mol. The van der Waals surface area contributed by atoms with Crippen molar-refractivity contribution in [3.8, 4) is 11.3 Å². The number of fused-ring (bicyclic) bond motifs is 2. The summed E-state index contributed by atoms with van der Waals surface area (Å²) in [6.45, 7) is 11.8. The number of nitrogens with one attached hydrogen (secondary N) is 3. The first kappa shape index (κ1) is 22.0. The molecule has 0 fully saturated rings. The molecule has 3 heterocycles. The highest BCUT2D eigenvalue weighted by molar-refractivity contribution is 5.94. The van der Waals surface area contributed by atoms with Crippen molar-refractivity contribution in [1.29, 1.82) is 0 Å². The molecule has 4 rings (SSSR count). The highest BCUT2D eigenvalue weighted by atomic mass is 15.1. The molecular weight excluding hydrogens is 372 g/mol. The Bertz CT molecular complexity index is 1090. The number of aromatic nitrogens is 4. The van der Waals surface area contributed by atoms with E-state index in [2.05, 4.69) is 68.3 Å². The van der Waals surface area contributed by atoms with Crippen molar-refractivity contribution in [2.75, 3.05) is 26.2 Å². The standard InChI is InChI=1S/C23H30N6.CH4/c1-4-29(5-2)12-6-10-24-15-17-7-8-20-18(13-17)14-21(28-20)19-9-11-25-23-22(19)26-16(3)27-23;/h7-9,11,13-14,24,28H,4-6,10,12,15H2,1-3H3,(H,25,26,27);1H4. The van der Waals surface area contributed by atoms with E-state index >= 15 is 0 Å². The summed E-state index contributed by atoms with van der Waals surface area (Å²) in [6.07, 6.45) is 3.00. The van der Waals surface area contributed by atoms with E-state index in [1.54, 1.807) is 0 Å². The molecule has 3 N–H and O–H groups in total. The van der Waals surface area contributed by atoms with Crippen LogP contribution in [0.25, 0.3) is 33.3 Å². The van der Waals surface area contributed by atoms with Crippen LogP contribution in [0.4, 0.5) is 0 Å². The van der Waals surface area contributed by atoms with Gasteiger partial charge in [-0.05, 0) is 69.4 Å². The topological polar surface area (TPSA) is 72.6 Å². The molecule has 0 bridgehead atoms. The van der Waals surface area contributed by atoms with Gasteiger partial charge in [-0.3, -0.25) is 0 Å².